The zero-order chi connectivity index (χ0) is 21.7. The lowest BCUT2D eigenvalue weighted by molar-refractivity contribution is -0.119. The molecule has 7 nitrogen and oxygen atoms in total. The zero-order valence-electron chi connectivity index (χ0n) is 15.6. The highest BCUT2D eigenvalue weighted by atomic mass is 35.5. The van der Waals surface area contributed by atoms with Gasteiger partial charge in [-0.05, 0) is 42.5 Å². The molecule has 156 valence electrons. The van der Waals surface area contributed by atoms with Gasteiger partial charge < -0.3 is 19.9 Å². The van der Waals surface area contributed by atoms with E-state index in [1.807, 2.05) is 0 Å². The van der Waals surface area contributed by atoms with E-state index in [-0.39, 0.29) is 17.8 Å². The maximum absolute atomic E-state index is 12.5. The van der Waals surface area contributed by atoms with Gasteiger partial charge in [0.05, 0.1) is 29.4 Å². The van der Waals surface area contributed by atoms with Gasteiger partial charge in [0.1, 0.15) is 17.6 Å². The summed E-state index contributed by atoms with van der Waals surface area (Å²) < 4.78 is 5.75. The second-order valence-electron chi connectivity index (χ2n) is 6.35. The molecule has 0 bridgehead atoms. The Kier molecular flexibility index (Phi) is 7.12. The fourth-order valence-electron chi connectivity index (χ4n) is 2.77. The minimum Gasteiger partial charge on any atom is -0.478 e. The van der Waals surface area contributed by atoms with Crippen molar-refractivity contribution in [3.63, 3.8) is 0 Å². The SMILES string of the molecule is O=C(O)c1ccccc1NC(=O)[C@H](CO)NCc1ccc(-c2cc(Cl)ccc2Cl)o1. The number of aromatic carboxylic acids is 1. The summed E-state index contributed by atoms with van der Waals surface area (Å²) in [6.45, 7) is -0.341. The molecule has 0 saturated heterocycles. The third-order valence-electron chi connectivity index (χ3n) is 4.29. The molecule has 0 fully saturated rings. The van der Waals surface area contributed by atoms with Gasteiger partial charge in [0, 0.05) is 10.6 Å². The summed E-state index contributed by atoms with van der Waals surface area (Å²) >= 11 is 12.2. The number of carboxylic acid groups (broad SMARTS) is 1. The first kappa shape index (κ1) is 21.9. The van der Waals surface area contributed by atoms with Gasteiger partial charge >= 0.3 is 5.97 Å². The molecule has 3 rings (SSSR count). The van der Waals surface area contributed by atoms with Crippen molar-refractivity contribution in [2.45, 2.75) is 12.6 Å². The second kappa shape index (κ2) is 9.77. The van der Waals surface area contributed by atoms with Crippen molar-refractivity contribution in [2.75, 3.05) is 11.9 Å². The molecule has 0 radical (unpaired) electrons. The van der Waals surface area contributed by atoms with Crippen LogP contribution in [0.3, 0.4) is 0 Å². The van der Waals surface area contributed by atoms with E-state index in [9.17, 15) is 19.8 Å². The highest BCUT2D eigenvalue weighted by molar-refractivity contribution is 6.35. The molecule has 1 aromatic heterocycles. The number of anilines is 1. The minimum absolute atomic E-state index is 0.0448. The average molecular weight is 449 g/mol. The van der Waals surface area contributed by atoms with Gasteiger partial charge in [-0.15, -0.1) is 0 Å². The molecule has 0 aliphatic rings. The van der Waals surface area contributed by atoms with E-state index in [0.29, 0.717) is 27.1 Å². The first-order valence-corrected chi connectivity index (χ1v) is 9.66. The van der Waals surface area contributed by atoms with Crippen LogP contribution in [0.5, 0.6) is 0 Å². The molecule has 0 aliphatic carbocycles. The summed E-state index contributed by atoms with van der Waals surface area (Å²) in [5.41, 5.74) is 0.736. The Labute approximate surface area is 182 Å². The molecule has 1 atom stereocenters. The quantitative estimate of drug-likeness (QED) is 0.413. The summed E-state index contributed by atoms with van der Waals surface area (Å²) in [5, 5.41) is 25.2. The molecule has 2 aromatic carbocycles. The molecule has 1 amide bonds. The maximum Gasteiger partial charge on any atom is 0.337 e. The Balaban J connectivity index is 1.66. The fourth-order valence-corrected chi connectivity index (χ4v) is 3.15. The maximum atomic E-state index is 12.5. The molecule has 0 unspecified atom stereocenters. The zero-order valence-corrected chi connectivity index (χ0v) is 17.1. The van der Waals surface area contributed by atoms with Crippen LogP contribution in [0.4, 0.5) is 5.69 Å². The van der Waals surface area contributed by atoms with Crippen molar-refractivity contribution < 1.29 is 24.2 Å². The Morgan fingerprint density at radius 2 is 1.83 bits per heavy atom. The summed E-state index contributed by atoms with van der Waals surface area (Å²) in [5.74, 6) is -0.712. The normalized spacial score (nSPS) is 11.8. The van der Waals surface area contributed by atoms with Crippen LogP contribution < -0.4 is 10.6 Å². The lowest BCUT2D eigenvalue weighted by atomic mass is 10.1. The number of benzene rings is 2. The highest BCUT2D eigenvalue weighted by Gasteiger charge is 2.20. The molecule has 4 N–H and O–H groups in total. The number of aliphatic hydroxyl groups excluding tert-OH is 1. The molecule has 30 heavy (non-hydrogen) atoms. The predicted molar refractivity (Wildman–Crippen MR) is 114 cm³/mol. The van der Waals surface area contributed by atoms with Crippen molar-refractivity contribution in [3.05, 3.63) is 76.0 Å². The number of carbonyl (C=O) groups excluding carboxylic acids is 1. The molecule has 1 heterocycles. The summed E-state index contributed by atoms with van der Waals surface area (Å²) in [4.78, 5) is 23.7. The number of halogens is 2. The fraction of sp³-hybridized carbons (Fsp3) is 0.143. The topological polar surface area (TPSA) is 112 Å². The van der Waals surface area contributed by atoms with E-state index in [2.05, 4.69) is 10.6 Å². The van der Waals surface area contributed by atoms with Crippen molar-refractivity contribution >= 4 is 40.8 Å². The largest absolute Gasteiger partial charge is 0.478 e. The van der Waals surface area contributed by atoms with E-state index >= 15 is 0 Å². The van der Waals surface area contributed by atoms with Gasteiger partial charge in [-0.25, -0.2) is 4.79 Å². The Morgan fingerprint density at radius 1 is 1.07 bits per heavy atom. The highest BCUT2D eigenvalue weighted by Crippen LogP contribution is 2.31. The number of aliphatic hydroxyl groups is 1. The number of hydrogen-bond acceptors (Lipinski definition) is 5. The van der Waals surface area contributed by atoms with Crippen LogP contribution >= 0.6 is 23.2 Å². The number of rotatable bonds is 8. The Morgan fingerprint density at radius 3 is 2.57 bits per heavy atom. The third kappa shape index (κ3) is 5.20. The molecule has 0 spiro atoms. The number of hydrogen-bond donors (Lipinski definition) is 4. The average Bonchev–Trinajstić information content (AvgIpc) is 3.19. The number of carbonyl (C=O) groups is 2. The van der Waals surface area contributed by atoms with Gasteiger partial charge in [-0.3, -0.25) is 10.1 Å². The van der Waals surface area contributed by atoms with Crippen molar-refractivity contribution in [3.8, 4) is 11.3 Å². The Hall–Kier alpha value is -2.84. The predicted octanol–water partition coefficient (Wildman–Crippen LogP) is 4.04. The number of para-hydroxylation sites is 1. The van der Waals surface area contributed by atoms with Crippen LogP contribution in [0.2, 0.25) is 10.0 Å². The lowest BCUT2D eigenvalue weighted by Gasteiger charge is -2.16. The van der Waals surface area contributed by atoms with Gasteiger partial charge in [0.15, 0.2) is 0 Å². The second-order valence-corrected chi connectivity index (χ2v) is 7.19. The lowest BCUT2D eigenvalue weighted by Crippen LogP contribution is -2.43. The van der Waals surface area contributed by atoms with Gasteiger partial charge in [-0.1, -0.05) is 35.3 Å². The van der Waals surface area contributed by atoms with Crippen LogP contribution in [0, 0.1) is 0 Å². The first-order valence-electron chi connectivity index (χ1n) is 8.90. The van der Waals surface area contributed by atoms with E-state index in [1.54, 1.807) is 42.5 Å². The van der Waals surface area contributed by atoms with E-state index < -0.39 is 24.5 Å². The van der Waals surface area contributed by atoms with Crippen LogP contribution in [-0.2, 0) is 11.3 Å². The standard InChI is InChI=1S/C21H18Cl2N2O5/c22-12-5-7-16(23)15(9-12)19-8-6-13(30-19)10-24-18(11-26)20(27)25-17-4-2-1-3-14(17)21(28)29/h1-9,18,24,26H,10-11H2,(H,25,27)(H,28,29)/t18-/m0/s1. The van der Waals surface area contributed by atoms with Crippen molar-refractivity contribution in [1.82, 2.24) is 5.32 Å². The summed E-state index contributed by atoms with van der Waals surface area (Å²) in [6.07, 6.45) is 0. The number of carboxylic acids is 1. The smallest absolute Gasteiger partial charge is 0.337 e. The monoisotopic (exact) mass is 448 g/mol. The van der Waals surface area contributed by atoms with Gasteiger partial charge in [-0.2, -0.15) is 0 Å². The van der Waals surface area contributed by atoms with Crippen LogP contribution in [0.25, 0.3) is 11.3 Å². The van der Waals surface area contributed by atoms with E-state index in [1.165, 1.54) is 12.1 Å². The van der Waals surface area contributed by atoms with E-state index in [0.717, 1.165) is 0 Å². The molecule has 0 aliphatic heterocycles. The summed E-state index contributed by atoms with van der Waals surface area (Å²) in [7, 11) is 0. The van der Waals surface area contributed by atoms with Crippen LogP contribution in [-0.4, -0.2) is 34.7 Å². The summed E-state index contributed by atoms with van der Waals surface area (Å²) in [6, 6.07) is 13.5. The molecule has 9 heteroatoms. The molecule has 3 aromatic rings. The minimum atomic E-state index is -1.16. The van der Waals surface area contributed by atoms with Crippen molar-refractivity contribution in [2.24, 2.45) is 0 Å². The van der Waals surface area contributed by atoms with Gasteiger partial charge in [0.25, 0.3) is 0 Å². The van der Waals surface area contributed by atoms with Crippen molar-refractivity contribution in [1.29, 1.82) is 0 Å². The van der Waals surface area contributed by atoms with Crippen LogP contribution in [0.1, 0.15) is 16.1 Å². The number of furan rings is 1. The molecular formula is C21H18Cl2N2O5. The third-order valence-corrected chi connectivity index (χ3v) is 4.86. The molecule has 0 saturated carbocycles. The number of nitrogens with one attached hydrogen (secondary N) is 2. The molecular weight excluding hydrogens is 431 g/mol. The van der Waals surface area contributed by atoms with E-state index in [4.69, 9.17) is 27.6 Å². The van der Waals surface area contributed by atoms with Crippen LogP contribution in [0.15, 0.2) is 59.0 Å². The first-order chi connectivity index (χ1) is 14.4. The Bertz CT molecular complexity index is 1070. The number of amides is 1. The van der Waals surface area contributed by atoms with Gasteiger partial charge in [0.2, 0.25) is 5.91 Å².